The van der Waals surface area contributed by atoms with Gasteiger partial charge < -0.3 is 21.2 Å². The molecule has 0 aliphatic carbocycles. The van der Waals surface area contributed by atoms with Crippen LogP contribution in [0.1, 0.15) is 33.6 Å². The zero-order chi connectivity index (χ0) is 7.70. The first-order valence-electron chi connectivity index (χ1n) is 3.44. The van der Waals surface area contributed by atoms with Crippen LogP contribution in [0.2, 0.25) is 0 Å². The van der Waals surface area contributed by atoms with E-state index in [0.717, 1.165) is 12.8 Å². The van der Waals surface area contributed by atoms with E-state index in [-0.39, 0.29) is 38.8 Å². The van der Waals surface area contributed by atoms with Crippen molar-refractivity contribution in [2.75, 3.05) is 6.61 Å². The number of unbranched alkanes of at least 4 members (excludes halogenated alkanes) is 1. The predicted molar refractivity (Wildman–Crippen MR) is 46.6 cm³/mol. The van der Waals surface area contributed by atoms with E-state index in [2.05, 4.69) is 6.92 Å². The average molecular weight is 218 g/mol. The number of hydrogen-bond acceptors (Lipinski definition) is 2. The smallest absolute Gasteiger partial charge is 0.0483 e. The molecule has 0 heterocycles. The van der Waals surface area contributed by atoms with Crippen LogP contribution in [0.3, 0.4) is 0 Å². The topological polar surface area (TPSA) is 103 Å². The molecule has 0 aromatic carbocycles. The minimum absolute atomic E-state index is 0. The maximum atomic E-state index is 8.07. The van der Waals surface area contributed by atoms with E-state index in [1.165, 1.54) is 0 Å². The Morgan fingerprint density at radius 2 is 1.42 bits per heavy atom. The largest absolute Gasteiger partial charge is 0.412 e. The summed E-state index contributed by atoms with van der Waals surface area (Å²) in [5.41, 5.74) is 0. The van der Waals surface area contributed by atoms with Crippen molar-refractivity contribution in [3.63, 3.8) is 0 Å². The van der Waals surface area contributed by atoms with Crippen LogP contribution in [0, 0.1) is 0 Å². The summed E-state index contributed by atoms with van der Waals surface area (Å²) >= 11 is 0. The van der Waals surface area contributed by atoms with E-state index in [9.17, 15) is 0 Å². The summed E-state index contributed by atoms with van der Waals surface area (Å²) in [5.74, 6) is 0. The molecule has 0 saturated heterocycles. The van der Waals surface area contributed by atoms with Crippen molar-refractivity contribution < 1.29 is 42.9 Å². The summed E-state index contributed by atoms with van der Waals surface area (Å²) in [4.78, 5) is 0. The Morgan fingerprint density at radius 1 is 1.17 bits per heavy atom. The summed E-state index contributed by atoms with van der Waals surface area (Å²) < 4.78 is 0. The molecular formula is C7H22O4Ti. The van der Waals surface area contributed by atoms with Gasteiger partial charge in [-0.2, -0.15) is 0 Å². The van der Waals surface area contributed by atoms with E-state index in [1.54, 1.807) is 13.8 Å². The number of aliphatic hydroxyl groups excluding tert-OH is 2. The Labute approximate surface area is 89.5 Å². The number of aliphatic hydroxyl groups is 2. The Balaban J connectivity index is -0.0000000221. The summed E-state index contributed by atoms with van der Waals surface area (Å²) in [6, 6.07) is 0. The minimum Gasteiger partial charge on any atom is -0.412 e. The Hall–Kier alpha value is 0.554. The molecule has 6 N–H and O–H groups in total. The number of rotatable bonds is 2. The molecule has 0 rings (SSSR count). The SMILES string of the molecule is CC(C)O.CCCCO.O.O.[Ti]. The Morgan fingerprint density at radius 3 is 1.42 bits per heavy atom. The fourth-order valence-corrected chi connectivity index (χ4v) is 0.158. The molecule has 0 spiro atoms. The van der Waals surface area contributed by atoms with Gasteiger partial charge >= 0.3 is 0 Å². The normalized spacial score (nSPS) is 6.50. The molecule has 0 radical (unpaired) electrons. The van der Waals surface area contributed by atoms with Gasteiger partial charge in [-0.15, -0.1) is 0 Å². The van der Waals surface area contributed by atoms with E-state index in [0.29, 0.717) is 6.61 Å². The Bertz CT molecular complexity index is 39.6. The zero-order valence-corrected chi connectivity index (χ0v) is 9.65. The van der Waals surface area contributed by atoms with Gasteiger partial charge in [0.05, 0.1) is 0 Å². The summed E-state index contributed by atoms with van der Waals surface area (Å²) in [6.07, 6.45) is 1.87. The first-order chi connectivity index (χ1) is 4.15. The van der Waals surface area contributed by atoms with Gasteiger partial charge in [0.1, 0.15) is 0 Å². The summed E-state index contributed by atoms with van der Waals surface area (Å²) in [6.45, 7) is 5.84. The van der Waals surface area contributed by atoms with E-state index in [4.69, 9.17) is 10.2 Å². The van der Waals surface area contributed by atoms with Gasteiger partial charge in [0.15, 0.2) is 0 Å². The van der Waals surface area contributed by atoms with Crippen molar-refractivity contribution in [2.24, 2.45) is 0 Å². The molecular weight excluding hydrogens is 196 g/mol. The molecule has 0 fully saturated rings. The molecule has 0 saturated carbocycles. The van der Waals surface area contributed by atoms with Crippen molar-refractivity contribution in [3.05, 3.63) is 0 Å². The molecule has 0 bridgehead atoms. The second kappa shape index (κ2) is 30.0. The van der Waals surface area contributed by atoms with Gasteiger partial charge in [-0.25, -0.2) is 0 Å². The van der Waals surface area contributed by atoms with Crippen molar-refractivity contribution in [1.82, 2.24) is 0 Å². The monoisotopic (exact) mass is 218 g/mol. The predicted octanol–water partition coefficient (Wildman–Crippen LogP) is -0.486. The second-order valence-electron chi connectivity index (χ2n) is 2.17. The van der Waals surface area contributed by atoms with Gasteiger partial charge in [0, 0.05) is 34.4 Å². The molecule has 0 aliphatic heterocycles. The van der Waals surface area contributed by atoms with Gasteiger partial charge in [-0.3, -0.25) is 0 Å². The van der Waals surface area contributed by atoms with Crippen LogP contribution in [-0.4, -0.2) is 33.9 Å². The fourth-order valence-electron chi connectivity index (χ4n) is 0.158. The van der Waals surface area contributed by atoms with Crippen LogP contribution in [0.15, 0.2) is 0 Å². The second-order valence-corrected chi connectivity index (χ2v) is 2.17. The molecule has 0 amide bonds. The summed E-state index contributed by atoms with van der Waals surface area (Å²) in [7, 11) is 0. The van der Waals surface area contributed by atoms with Crippen LogP contribution in [0.4, 0.5) is 0 Å². The molecule has 0 aromatic rings. The third-order valence-electron chi connectivity index (χ3n) is 0.512. The van der Waals surface area contributed by atoms with E-state index >= 15 is 0 Å². The van der Waals surface area contributed by atoms with Gasteiger partial charge in [0.2, 0.25) is 0 Å². The number of hydrogen-bond donors (Lipinski definition) is 2. The zero-order valence-electron chi connectivity index (χ0n) is 8.09. The van der Waals surface area contributed by atoms with Crippen LogP contribution in [0.5, 0.6) is 0 Å². The third kappa shape index (κ3) is 148. The van der Waals surface area contributed by atoms with Gasteiger partial charge in [0.25, 0.3) is 0 Å². The maximum Gasteiger partial charge on any atom is 0.0483 e. The molecule has 12 heavy (non-hydrogen) atoms. The first-order valence-corrected chi connectivity index (χ1v) is 3.44. The minimum atomic E-state index is -0.167. The first kappa shape index (κ1) is 29.4. The Kier molecular flexibility index (Phi) is 73.3. The van der Waals surface area contributed by atoms with Gasteiger partial charge in [-0.1, -0.05) is 13.3 Å². The molecule has 0 aliphatic rings. The summed E-state index contributed by atoms with van der Waals surface area (Å²) in [5, 5.41) is 16.1. The van der Waals surface area contributed by atoms with E-state index in [1.807, 2.05) is 0 Å². The quantitative estimate of drug-likeness (QED) is 0.611. The molecule has 5 heteroatoms. The van der Waals surface area contributed by atoms with Gasteiger partial charge in [-0.05, 0) is 20.3 Å². The standard InChI is InChI=1S/C4H10O.C3H8O.2H2O.Ti/c1-2-3-4-5;1-3(2)4;;;/h5H,2-4H2,1H3;3-4H,1-2H3;2*1H2;. The van der Waals surface area contributed by atoms with Crippen LogP contribution in [-0.2, 0) is 21.7 Å². The molecule has 0 atom stereocenters. The molecule has 4 nitrogen and oxygen atoms in total. The van der Waals surface area contributed by atoms with Crippen molar-refractivity contribution in [3.8, 4) is 0 Å². The van der Waals surface area contributed by atoms with Crippen molar-refractivity contribution >= 4 is 0 Å². The fraction of sp³-hybridized carbons (Fsp3) is 1.00. The molecule has 0 aromatic heterocycles. The average Bonchev–Trinajstić information content (AvgIpc) is 1.66. The third-order valence-corrected chi connectivity index (χ3v) is 0.512. The van der Waals surface area contributed by atoms with E-state index < -0.39 is 0 Å². The van der Waals surface area contributed by atoms with Crippen LogP contribution in [0.25, 0.3) is 0 Å². The maximum absolute atomic E-state index is 8.07. The van der Waals surface area contributed by atoms with Crippen LogP contribution >= 0.6 is 0 Å². The van der Waals surface area contributed by atoms with Crippen molar-refractivity contribution in [1.29, 1.82) is 0 Å². The van der Waals surface area contributed by atoms with Crippen molar-refractivity contribution in [2.45, 2.75) is 39.7 Å². The molecule has 0 unspecified atom stereocenters. The van der Waals surface area contributed by atoms with Crippen LogP contribution < -0.4 is 0 Å². The molecule has 78 valence electrons.